The normalized spacial score (nSPS) is 13.3. The molecule has 4 aromatic rings. The second-order valence-electron chi connectivity index (χ2n) is 7.75. The van der Waals surface area contributed by atoms with Gasteiger partial charge in [-0.25, -0.2) is 0 Å². The lowest BCUT2D eigenvalue weighted by Crippen LogP contribution is -2.09. The van der Waals surface area contributed by atoms with Crippen LogP contribution in [0, 0.1) is 0 Å². The highest BCUT2D eigenvalue weighted by atomic mass is 16.3. The van der Waals surface area contributed by atoms with Crippen molar-refractivity contribution in [1.29, 1.82) is 0 Å². The molecule has 0 spiro atoms. The average Bonchev–Trinajstić information content (AvgIpc) is 2.84. The lowest BCUT2D eigenvalue weighted by Gasteiger charge is -2.22. The Hall–Kier alpha value is -4.58. The largest absolute Gasteiger partial charge is 0.508 e. The second kappa shape index (κ2) is 10.4. The fourth-order valence-electron chi connectivity index (χ4n) is 3.60. The Labute approximate surface area is 197 Å². The number of phenolic OH excluding ortho intramolecular Hbond substituents is 4. The molecule has 2 unspecified atom stereocenters. The lowest BCUT2D eigenvalue weighted by molar-refractivity contribution is 0.449. The smallest absolute Gasteiger partial charge is 0.128 e. The van der Waals surface area contributed by atoms with Gasteiger partial charge in [-0.2, -0.15) is 0 Å². The number of hydrogen-bond donors (Lipinski definition) is 4. The standard InChI is InChI=1S/C28H24N2O4/c31-23-13-11-21(25(33)15-23)17-29-27(19-7-3-1-4-8-19)28(20-9-5-2-6-10-20)30-18-22-12-14-24(32)16-26(22)34/h1-18,27-28,31-34H. The first-order valence-electron chi connectivity index (χ1n) is 10.7. The molecule has 0 aromatic heterocycles. The summed E-state index contributed by atoms with van der Waals surface area (Å²) in [5.74, 6) is -0.224. The fraction of sp³-hybridized carbons (Fsp3) is 0.0714. The first kappa shape index (κ1) is 22.6. The van der Waals surface area contributed by atoms with Crippen molar-refractivity contribution in [1.82, 2.24) is 0 Å². The molecule has 0 bridgehead atoms. The monoisotopic (exact) mass is 452 g/mol. The van der Waals surface area contributed by atoms with Crippen LogP contribution in [0.15, 0.2) is 107 Å². The summed E-state index contributed by atoms with van der Waals surface area (Å²) in [5, 5.41) is 39.6. The van der Waals surface area contributed by atoms with Crippen LogP contribution >= 0.6 is 0 Å². The van der Waals surface area contributed by atoms with Crippen LogP contribution in [-0.2, 0) is 0 Å². The average molecular weight is 453 g/mol. The van der Waals surface area contributed by atoms with Crippen molar-refractivity contribution < 1.29 is 20.4 Å². The summed E-state index contributed by atoms with van der Waals surface area (Å²) in [4.78, 5) is 9.59. The van der Waals surface area contributed by atoms with Crippen molar-refractivity contribution in [2.45, 2.75) is 12.1 Å². The van der Waals surface area contributed by atoms with Gasteiger partial charge in [-0.3, -0.25) is 9.98 Å². The van der Waals surface area contributed by atoms with Crippen LogP contribution < -0.4 is 0 Å². The van der Waals surface area contributed by atoms with Gasteiger partial charge in [-0.05, 0) is 35.4 Å². The number of nitrogens with zero attached hydrogens (tertiary/aromatic N) is 2. The minimum absolute atomic E-state index is 0.0327. The minimum Gasteiger partial charge on any atom is -0.508 e. The molecule has 0 heterocycles. The number of benzene rings is 4. The third-order valence-corrected chi connectivity index (χ3v) is 5.36. The molecule has 0 amide bonds. The molecule has 0 saturated heterocycles. The fourth-order valence-corrected chi connectivity index (χ4v) is 3.60. The van der Waals surface area contributed by atoms with Crippen molar-refractivity contribution in [3.8, 4) is 23.0 Å². The first-order valence-corrected chi connectivity index (χ1v) is 10.7. The SMILES string of the molecule is Oc1ccc(C=NC(c2ccccc2)C(N=Cc2ccc(O)cc2O)c2ccccc2)c(O)c1. The number of hydrogen-bond acceptors (Lipinski definition) is 6. The third-order valence-electron chi connectivity index (χ3n) is 5.36. The van der Waals surface area contributed by atoms with E-state index in [9.17, 15) is 20.4 Å². The number of rotatable bonds is 7. The van der Waals surface area contributed by atoms with Gasteiger partial charge in [0.1, 0.15) is 35.1 Å². The molecule has 0 saturated carbocycles. The van der Waals surface area contributed by atoms with Gasteiger partial charge in [-0.15, -0.1) is 0 Å². The minimum atomic E-state index is -0.452. The van der Waals surface area contributed by atoms with Gasteiger partial charge >= 0.3 is 0 Å². The molecular formula is C28H24N2O4. The van der Waals surface area contributed by atoms with Crippen LogP contribution in [-0.4, -0.2) is 32.9 Å². The number of aliphatic imine (C=N–C) groups is 2. The summed E-state index contributed by atoms with van der Waals surface area (Å²) in [5.41, 5.74) is 2.76. The molecule has 4 rings (SSSR count). The predicted octanol–water partition coefficient (Wildman–Crippen LogP) is 5.53. The molecular weight excluding hydrogens is 428 g/mol. The van der Waals surface area contributed by atoms with E-state index in [1.54, 1.807) is 24.6 Å². The zero-order chi connectivity index (χ0) is 23.9. The van der Waals surface area contributed by atoms with Crippen molar-refractivity contribution in [3.63, 3.8) is 0 Å². The Balaban J connectivity index is 1.79. The molecule has 0 aliphatic heterocycles. The van der Waals surface area contributed by atoms with Crippen molar-refractivity contribution in [2.75, 3.05) is 0 Å². The van der Waals surface area contributed by atoms with Gasteiger partial charge in [-0.1, -0.05) is 60.7 Å². The molecule has 4 aromatic carbocycles. The molecule has 0 radical (unpaired) electrons. The maximum atomic E-state index is 10.2. The van der Waals surface area contributed by atoms with E-state index in [4.69, 9.17) is 9.98 Å². The maximum absolute atomic E-state index is 10.2. The highest BCUT2D eigenvalue weighted by Crippen LogP contribution is 2.36. The van der Waals surface area contributed by atoms with Gasteiger partial charge in [0.15, 0.2) is 0 Å². The van der Waals surface area contributed by atoms with Crippen molar-refractivity contribution >= 4 is 12.4 Å². The maximum Gasteiger partial charge on any atom is 0.128 e. The molecule has 2 atom stereocenters. The van der Waals surface area contributed by atoms with Crippen LogP contribution in [0.2, 0.25) is 0 Å². The summed E-state index contributed by atoms with van der Waals surface area (Å²) < 4.78 is 0. The van der Waals surface area contributed by atoms with Gasteiger partial charge in [0.25, 0.3) is 0 Å². The van der Waals surface area contributed by atoms with Crippen LogP contribution in [0.4, 0.5) is 0 Å². The second-order valence-corrected chi connectivity index (χ2v) is 7.75. The van der Waals surface area contributed by atoms with Crippen LogP contribution in [0.25, 0.3) is 0 Å². The van der Waals surface area contributed by atoms with E-state index in [-0.39, 0.29) is 23.0 Å². The summed E-state index contributed by atoms with van der Waals surface area (Å²) in [6.07, 6.45) is 3.13. The summed E-state index contributed by atoms with van der Waals surface area (Å²) in [6, 6.07) is 27.2. The van der Waals surface area contributed by atoms with Crippen molar-refractivity contribution in [2.24, 2.45) is 9.98 Å². The van der Waals surface area contributed by atoms with E-state index in [1.807, 2.05) is 60.7 Å². The number of aromatic hydroxyl groups is 4. The van der Waals surface area contributed by atoms with E-state index in [2.05, 4.69) is 0 Å². The van der Waals surface area contributed by atoms with E-state index in [1.165, 1.54) is 24.3 Å². The predicted molar refractivity (Wildman–Crippen MR) is 133 cm³/mol. The van der Waals surface area contributed by atoms with Gasteiger partial charge in [0.05, 0.1) is 0 Å². The van der Waals surface area contributed by atoms with Gasteiger partial charge < -0.3 is 20.4 Å². The zero-order valence-electron chi connectivity index (χ0n) is 18.2. The Kier molecular flexibility index (Phi) is 6.89. The summed E-state index contributed by atoms with van der Waals surface area (Å²) in [7, 11) is 0. The highest BCUT2D eigenvalue weighted by molar-refractivity contribution is 5.85. The van der Waals surface area contributed by atoms with Crippen molar-refractivity contribution in [3.05, 3.63) is 119 Å². The van der Waals surface area contributed by atoms with E-state index < -0.39 is 12.1 Å². The summed E-state index contributed by atoms with van der Waals surface area (Å²) in [6.45, 7) is 0. The molecule has 0 aliphatic rings. The molecule has 4 N–H and O–H groups in total. The molecule has 0 fully saturated rings. The Morgan fingerprint density at radius 3 is 1.24 bits per heavy atom. The van der Waals surface area contributed by atoms with E-state index in [0.29, 0.717) is 11.1 Å². The third kappa shape index (κ3) is 5.42. The first-order chi connectivity index (χ1) is 16.5. The molecule has 6 nitrogen and oxygen atoms in total. The molecule has 0 aliphatic carbocycles. The van der Waals surface area contributed by atoms with Gasteiger partial charge in [0.2, 0.25) is 0 Å². The molecule has 6 heteroatoms. The quantitative estimate of drug-likeness (QED) is 0.277. The topological polar surface area (TPSA) is 106 Å². The van der Waals surface area contributed by atoms with E-state index in [0.717, 1.165) is 11.1 Å². The molecule has 34 heavy (non-hydrogen) atoms. The Morgan fingerprint density at radius 1 is 0.500 bits per heavy atom. The Morgan fingerprint density at radius 2 is 0.882 bits per heavy atom. The van der Waals surface area contributed by atoms with Crippen LogP contribution in [0.3, 0.4) is 0 Å². The van der Waals surface area contributed by atoms with Crippen LogP contribution in [0.1, 0.15) is 34.3 Å². The lowest BCUT2D eigenvalue weighted by atomic mass is 9.94. The Bertz CT molecular complexity index is 1200. The highest BCUT2D eigenvalue weighted by Gasteiger charge is 2.23. The summed E-state index contributed by atoms with van der Waals surface area (Å²) >= 11 is 0. The zero-order valence-corrected chi connectivity index (χ0v) is 18.2. The molecule has 170 valence electrons. The number of phenols is 4. The van der Waals surface area contributed by atoms with Gasteiger partial charge in [0, 0.05) is 35.7 Å². The van der Waals surface area contributed by atoms with E-state index >= 15 is 0 Å². The van der Waals surface area contributed by atoms with Crippen LogP contribution in [0.5, 0.6) is 23.0 Å².